The summed E-state index contributed by atoms with van der Waals surface area (Å²) in [5.41, 5.74) is 0.923. The van der Waals surface area contributed by atoms with Gasteiger partial charge in [-0.3, -0.25) is 0 Å². The highest BCUT2D eigenvalue weighted by molar-refractivity contribution is 7.99. The fourth-order valence-corrected chi connectivity index (χ4v) is 2.95. The lowest BCUT2D eigenvalue weighted by atomic mass is 10.3. The van der Waals surface area contributed by atoms with Crippen molar-refractivity contribution in [3.8, 4) is 5.69 Å². The van der Waals surface area contributed by atoms with Gasteiger partial charge in [-0.2, -0.15) is 9.67 Å². The number of aromatic nitrogens is 6. The first kappa shape index (κ1) is 13.4. The second-order valence-corrected chi connectivity index (χ2v) is 6.54. The Morgan fingerprint density at radius 3 is 2.86 bits per heavy atom. The van der Waals surface area contributed by atoms with Crippen LogP contribution in [0, 0.1) is 0 Å². The Morgan fingerprint density at radius 1 is 1.27 bits per heavy atom. The zero-order valence-electron chi connectivity index (χ0n) is 12.0. The number of thioether (sulfide) groups is 1. The van der Waals surface area contributed by atoms with E-state index in [0.717, 1.165) is 24.4 Å². The van der Waals surface area contributed by atoms with Crippen molar-refractivity contribution in [1.29, 1.82) is 0 Å². The molecule has 7 nitrogen and oxygen atoms in total. The van der Waals surface area contributed by atoms with E-state index in [1.807, 2.05) is 37.3 Å². The van der Waals surface area contributed by atoms with Crippen LogP contribution in [0.5, 0.6) is 0 Å². The molecule has 2 heterocycles. The third kappa shape index (κ3) is 2.61. The SMILES string of the molecule is C[C@H](Sc1nnnn1-c1ccccc1)c1nc(C2CC2)no1. The second kappa shape index (κ2) is 5.53. The van der Waals surface area contributed by atoms with E-state index in [0.29, 0.717) is 17.0 Å². The molecule has 0 amide bonds. The van der Waals surface area contributed by atoms with E-state index in [4.69, 9.17) is 4.52 Å². The van der Waals surface area contributed by atoms with E-state index in [-0.39, 0.29) is 5.25 Å². The molecule has 1 fully saturated rings. The van der Waals surface area contributed by atoms with Crippen molar-refractivity contribution in [3.63, 3.8) is 0 Å². The highest BCUT2D eigenvalue weighted by Crippen LogP contribution is 2.40. The molecule has 0 aliphatic heterocycles. The number of benzene rings is 1. The Labute approximate surface area is 131 Å². The van der Waals surface area contributed by atoms with Crippen LogP contribution in [0.25, 0.3) is 5.69 Å². The van der Waals surface area contributed by atoms with Crippen molar-refractivity contribution in [2.45, 2.75) is 36.1 Å². The van der Waals surface area contributed by atoms with Crippen LogP contribution in [0.4, 0.5) is 0 Å². The van der Waals surface area contributed by atoms with Gasteiger partial charge in [-0.15, -0.1) is 5.10 Å². The van der Waals surface area contributed by atoms with E-state index in [9.17, 15) is 0 Å². The third-order valence-electron chi connectivity index (χ3n) is 3.47. The fourth-order valence-electron chi connectivity index (χ4n) is 2.11. The van der Waals surface area contributed by atoms with E-state index in [2.05, 4.69) is 25.7 Å². The second-order valence-electron chi connectivity index (χ2n) is 5.23. The molecule has 1 aliphatic carbocycles. The van der Waals surface area contributed by atoms with Crippen molar-refractivity contribution < 1.29 is 4.52 Å². The van der Waals surface area contributed by atoms with Gasteiger partial charge in [0.15, 0.2) is 5.82 Å². The molecule has 0 unspecified atom stereocenters. The van der Waals surface area contributed by atoms with Crippen molar-refractivity contribution in [3.05, 3.63) is 42.0 Å². The zero-order chi connectivity index (χ0) is 14.9. The van der Waals surface area contributed by atoms with Gasteiger partial charge in [0.05, 0.1) is 10.9 Å². The predicted octanol–water partition coefficient (Wildman–Crippen LogP) is 2.78. The summed E-state index contributed by atoms with van der Waals surface area (Å²) in [6, 6.07) is 9.79. The first-order valence-electron chi connectivity index (χ1n) is 7.15. The zero-order valence-corrected chi connectivity index (χ0v) is 12.8. The molecular formula is C14H14N6OS. The molecule has 0 spiro atoms. The average molecular weight is 314 g/mol. The highest BCUT2D eigenvalue weighted by Gasteiger charge is 2.30. The first-order chi connectivity index (χ1) is 10.8. The molecule has 0 radical (unpaired) electrons. The van der Waals surface area contributed by atoms with Crippen molar-refractivity contribution >= 4 is 11.8 Å². The maximum Gasteiger partial charge on any atom is 0.239 e. The standard InChI is InChI=1S/C14H14N6OS/c1-9(13-15-12(17-21-13)10-7-8-10)22-14-16-18-19-20(14)11-5-3-2-4-6-11/h2-6,9-10H,7-8H2,1H3/t9-/m0/s1. The van der Waals surface area contributed by atoms with Crippen LogP contribution in [0.1, 0.15) is 42.6 Å². The van der Waals surface area contributed by atoms with Crippen LogP contribution in [-0.4, -0.2) is 30.3 Å². The maximum atomic E-state index is 5.36. The van der Waals surface area contributed by atoms with Crippen LogP contribution in [0.15, 0.2) is 40.0 Å². The van der Waals surface area contributed by atoms with Crippen molar-refractivity contribution in [2.75, 3.05) is 0 Å². The van der Waals surface area contributed by atoms with Gasteiger partial charge in [-0.05, 0) is 42.3 Å². The molecule has 1 atom stereocenters. The molecule has 0 saturated heterocycles. The average Bonchev–Trinajstić information content (AvgIpc) is 3.10. The third-order valence-corrected chi connectivity index (χ3v) is 4.49. The number of hydrogen-bond acceptors (Lipinski definition) is 7. The highest BCUT2D eigenvalue weighted by atomic mass is 32.2. The summed E-state index contributed by atoms with van der Waals surface area (Å²) in [5, 5.41) is 16.6. The summed E-state index contributed by atoms with van der Waals surface area (Å²) in [7, 11) is 0. The van der Waals surface area contributed by atoms with Gasteiger partial charge in [-0.25, -0.2) is 0 Å². The topological polar surface area (TPSA) is 82.5 Å². The van der Waals surface area contributed by atoms with Gasteiger partial charge >= 0.3 is 0 Å². The van der Waals surface area contributed by atoms with Crippen LogP contribution in [0.3, 0.4) is 0 Å². The molecule has 3 aromatic rings. The molecule has 22 heavy (non-hydrogen) atoms. The van der Waals surface area contributed by atoms with Gasteiger partial charge in [0.25, 0.3) is 0 Å². The molecule has 8 heteroatoms. The monoisotopic (exact) mass is 314 g/mol. The minimum absolute atomic E-state index is 0.00605. The number of para-hydroxylation sites is 1. The molecule has 0 N–H and O–H groups in total. The van der Waals surface area contributed by atoms with Gasteiger partial charge < -0.3 is 4.52 Å². The van der Waals surface area contributed by atoms with Gasteiger partial charge in [0.1, 0.15) is 0 Å². The van der Waals surface area contributed by atoms with Crippen LogP contribution < -0.4 is 0 Å². The Balaban J connectivity index is 1.54. The quantitative estimate of drug-likeness (QED) is 0.670. The van der Waals surface area contributed by atoms with E-state index in [1.165, 1.54) is 11.8 Å². The molecule has 1 saturated carbocycles. The van der Waals surface area contributed by atoms with Crippen molar-refractivity contribution in [1.82, 2.24) is 30.3 Å². The fraction of sp³-hybridized carbons (Fsp3) is 0.357. The Bertz CT molecular complexity index is 767. The number of hydrogen-bond donors (Lipinski definition) is 0. The van der Waals surface area contributed by atoms with E-state index in [1.54, 1.807) is 4.68 Å². The Morgan fingerprint density at radius 2 is 2.09 bits per heavy atom. The van der Waals surface area contributed by atoms with E-state index >= 15 is 0 Å². The molecule has 1 aromatic carbocycles. The molecular weight excluding hydrogens is 300 g/mol. The number of rotatable bonds is 5. The summed E-state index contributed by atoms with van der Waals surface area (Å²) >= 11 is 1.50. The molecule has 2 aromatic heterocycles. The molecule has 112 valence electrons. The molecule has 1 aliphatic rings. The molecule has 0 bridgehead atoms. The minimum atomic E-state index is -0.00605. The largest absolute Gasteiger partial charge is 0.338 e. The van der Waals surface area contributed by atoms with Crippen LogP contribution >= 0.6 is 11.8 Å². The van der Waals surface area contributed by atoms with Gasteiger partial charge in [0, 0.05) is 5.92 Å². The lowest BCUT2D eigenvalue weighted by Crippen LogP contribution is -2.00. The van der Waals surface area contributed by atoms with Gasteiger partial charge in [0.2, 0.25) is 11.0 Å². The van der Waals surface area contributed by atoms with Crippen LogP contribution in [0.2, 0.25) is 0 Å². The Hall–Kier alpha value is -2.22. The maximum absolute atomic E-state index is 5.36. The number of nitrogens with zero attached hydrogens (tertiary/aromatic N) is 6. The van der Waals surface area contributed by atoms with Crippen LogP contribution in [-0.2, 0) is 0 Å². The predicted molar refractivity (Wildman–Crippen MR) is 79.7 cm³/mol. The lowest BCUT2D eigenvalue weighted by Gasteiger charge is -2.06. The molecule has 4 rings (SSSR count). The summed E-state index contributed by atoms with van der Waals surface area (Å²) in [5.74, 6) is 1.93. The van der Waals surface area contributed by atoms with Gasteiger partial charge in [-0.1, -0.05) is 35.1 Å². The summed E-state index contributed by atoms with van der Waals surface area (Å²) < 4.78 is 7.07. The summed E-state index contributed by atoms with van der Waals surface area (Å²) in [6.07, 6.45) is 2.32. The summed E-state index contributed by atoms with van der Waals surface area (Å²) in [6.45, 7) is 2.01. The first-order valence-corrected chi connectivity index (χ1v) is 8.03. The lowest BCUT2D eigenvalue weighted by molar-refractivity contribution is 0.374. The Kier molecular flexibility index (Phi) is 3.38. The minimum Gasteiger partial charge on any atom is -0.338 e. The smallest absolute Gasteiger partial charge is 0.239 e. The summed E-state index contributed by atoms with van der Waals surface area (Å²) in [4.78, 5) is 4.48. The van der Waals surface area contributed by atoms with Crippen molar-refractivity contribution in [2.24, 2.45) is 0 Å². The van der Waals surface area contributed by atoms with E-state index < -0.39 is 0 Å². The normalized spacial score (nSPS) is 15.9. The number of tetrazole rings is 1.